The first kappa shape index (κ1) is 33.0. The van der Waals surface area contributed by atoms with Crippen LogP contribution in [-0.4, -0.2) is 94.6 Å². The second kappa shape index (κ2) is 12.6. The molecule has 254 valence electrons. The van der Waals surface area contributed by atoms with Crippen molar-refractivity contribution < 1.29 is 63.0 Å². The number of esters is 3. The third-order valence-corrected chi connectivity index (χ3v) is 9.78. The summed E-state index contributed by atoms with van der Waals surface area (Å²) in [6.07, 6.45) is -3.47. The molecule has 0 aromatic heterocycles. The van der Waals surface area contributed by atoms with E-state index in [-0.39, 0.29) is 23.8 Å². The molecule has 0 radical (unpaired) electrons. The molecule has 2 bridgehead atoms. The van der Waals surface area contributed by atoms with Crippen molar-refractivity contribution in [2.24, 2.45) is 0 Å². The number of hydrogen-bond acceptors (Lipinski definition) is 12. The molecule has 48 heavy (non-hydrogen) atoms. The number of ether oxygens (including phenoxy) is 5. The molecule has 0 amide bonds. The molecule has 14 heteroatoms. The van der Waals surface area contributed by atoms with Crippen LogP contribution in [0.15, 0.2) is 54.3 Å². The Bertz CT molecular complexity index is 1690. The summed E-state index contributed by atoms with van der Waals surface area (Å²) in [4.78, 5) is 63.6. The lowest BCUT2D eigenvalue weighted by atomic mass is 9.50. The summed E-state index contributed by atoms with van der Waals surface area (Å²) >= 11 is 0. The summed E-state index contributed by atoms with van der Waals surface area (Å²) < 4.78 is 28.1. The van der Waals surface area contributed by atoms with Crippen LogP contribution in [0.25, 0.3) is 0 Å². The van der Waals surface area contributed by atoms with Crippen LogP contribution in [0.3, 0.4) is 0 Å². The van der Waals surface area contributed by atoms with Crippen LogP contribution in [0, 0.1) is 0 Å². The van der Waals surface area contributed by atoms with Gasteiger partial charge in [0.25, 0.3) is 0 Å². The van der Waals surface area contributed by atoms with Crippen molar-refractivity contribution >= 4 is 29.8 Å². The van der Waals surface area contributed by atoms with E-state index in [1.54, 1.807) is 24.3 Å². The van der Waals surface area contributed by atoms with Crippen molar-refractivity contribution in [1.29, 1.82) is 0 Å². The average Bonchev–Trinajstić information content (AvgIpc) is 3.41. The van der Waals surface area contributed by atoms with Gasteiger partial charge in [0.2, 0.25) is 12.2 Å². The Balaban J connectivity index is 1.16. The van der Waals surface area contributed by atoms with Crippen LogP contribution >= 0.6 is 0 Å². The van der Waals surface area contributed by atoms with Gasteiger partial charge in [-0.2, -0.15) is 0 Å². The Morgan fingerprint density at radius 2 is 1.75 bits per heavy atom. The number of nitrogens with zero attached hydrogens (tertiary/aromatic N) is 1. The van der Waals surface area contributed by atoms with Crippen molar-refractivity contribution in [2.45, 2.75) is 73.9 Å². The van der Waals surface area contributed by atoms with E-state index in [0.29, 0.717) is 30.9 Å². The van der Waals surface area contributed by atoms with Crippen LogP contribution in [0.1, 0.15) is 54.9 Å². The highest BCUT2D eigenvalue weighted by Crippen LogP contribution is 2.65. The van der Waals surface area contributed by atoms with Gasteiger partial charge in [-0.25, -0.2) is 9.59 Å². The van der Waals surface area contributed by atoms with E-state index < -0.39 is 78.4 Å². The number of aliphatic carboxylic acids is 2. The fourth-order valence-electron chi connectivity index (χ4n) is 7.58. The summed E-state index contributed by atoms with van der Waals surface area (Å²) in [5, 5.41) is 30.6. The zero-order valence-electron chi connectivity index (χ0n) is 26.2. The monoisotopic (exact) mass is 665 g/mol. The Labute approximate surface area is 274 Å². The van der Waals surface area contributed by atoms with Gasteiger partial charge in [-0.05, 0) is 44.1 Å². The third-order valence-electron chi connectivity index (χ3n) is 9.78. The first-order valence-corrected chi connectivity index (χ1v) is 15.5. The second-order valence-corrected chi connectivity index (χ2v) is 12.4. The first-order chi connectivity index (χ1) is 22.9. The van der Waals surface area contributed by atoms with Crippen LogP contribution in [0.4, 0.5) is 0 Å². The molecule has 0 unspecified atom stereocenters. The molecule has 6 atom stereocenters. The maximum absolute atomic E-state index is 13.1. The minimum atomic E-state index is -2.01. The normalized spacial score (nSPS) is 26.1. The Morgan fingerprint density at radius 3 is 2.44 bits per heavy atom. The smallest absolute Gasteiger partial charge is 0.353 e. The lowest BCUT2D eigenvalue weighted by Crippen LogP contribution is -2.74. The molecule has 1 spiro atoms. The van der Waals surface area contributed by atoms with Crippen molar-refractivity contribution in [2.75, 3.05) is 20.7 Å². The number of piperidine rings is 1. The van der Waals surface area contributed by atoms with Crippen LogP contribution in [0.5, 0.6) is 11.5 Å². The number of carboxylic acid groups (broad SMARTS) is 2. The standard InChI is InChI=1S/C34H35NO13/c1-35-15-14-33-27-19-8-9-20(44-2)29(27)48-30(33)21(12-13-34(33,43)23(35)16-19)45-25(38)10-11-26(39)47-28(18-6-4-3-5-7-18)32(42)46-22(31(40)41)17-24(36)37/h3-9,12,22-23,28,30,43H,10-11,13-17H2,1-2H3,(H,36,37)(H,40,41)/t22-,23+,28-,30-,33-,34+/m0/s1. The lowest BCUT2D eigenvalue weighted by molar-refractivity contribution is -0.179. The zero-order chi connectivity index (χ0) is 34.4. The number of aliphatic hydroxyl groups is 1. The van der Waals surface area contributed by atoms with E-state index in [4.69, 9.17) is 28.8 Å². The van der Waals surface area contributed by atoms with Gasteiger partial charge < -0.3 is 43.9 Å². The van der Waals surface area contributed by atoms with Crippen molar-refractivity contribution in [3.05, 3.63) is 71.0 Å². The Hall–Kier alpha value is -4.95. The number of likely N-dealkylation sites (tertiary alicyclic amines) is 1. The SMILES string of the molecule is COc1ccc2c3c1O[C@H]1C(OC(=O)CCC(=O)O[C@H](C(=O)O[C@@H](CC(=O)O)C(=O)O)c4ccccc4)=CC[C@@]4(O)[C@@H](C2)N(C)CC[C@]314. The first-order valence-electron chi connectivity index (χ1n) is 15.5. The Morgan fingerprint density at radius 1 is 1.02 bits per heavy atom. The van der Waals surface area contributed by atoms with Crippen LogP contribution < -0.4 is 9.47 Å². The van der Waals surface area contributed by atoms with E-state index >= 15 is 0 Å². The molecule has 2 aromatic carbocycles. The van der Waals surface area contributed by atoms with Crippen LogP contribution in [-0.2, 0) is 50.0 Å². The second-order valence-electron chi connectivity index (χ2n) is 12.4. The highest BCUT2D eigenvalue weighted by Gasteiger charge is 2.72. The highest BCUT2D eigenvalue weighted by molar-refractivity contribution is 5.86. The van der Waals surface area contributed by atoms with Crippen molar-refractivity contribution in [1.82, 2.24) is 4.90 Å². The predicted molar refractivity (Wildman–Crippen MR) is 162 cm³/mol. The average molecular weight is 666 g/mol. The van der Waals surface area contributed by atoms with Crippen molar-refractivity contribution in [3.8, 4) is 11.5 Å². The van der Waals surface area contributed by atoms with Crippen molar-refractivity contribution in [3.63, 3.8) is 0 Å². The minimum Gasteiger partial charge on any atom is -0.493 e. The van der Waals surface area contributed by atoms with Gasteiger partial charge in [-0.3, -0.25) is 14.4 Å². The number of carbonyl (C=O) groups is 5. The van der Waals surface area contributed by atoms with Gasteiger partial charge in [0.1, 0.15) is 5.76 Å². The lowest BCUT2D eigenvalue weighted by Gasteiger charge is -2.61. The molecule has 3 N–H and O–H groups in total. The number of benzene rings is 2. The number of carbonyl (C=O) groups excluding carboxylic acids is 3. The zero-order valence-corrected chi connectivity index (χ0v) is 26.2. The van der Waals surface area contributed by atoms with Gasteiger partial charge in [0, 0.05) is 23.6 Å². The number of rotatable bonds is 12. The summed E-state index contributed by atoms with van der Waals surface area (Å²) in [6.45, 7) is 0.685. The van der Waals surface area contributed by atoms with Gasteiger partial charge >= 0.3 is 29.8 Å². The van der Waals surface area contributed by atoms with Crippen LogP contribution in [0.2, 0.25) is 0 Å². The Kier molecular flexibility index (Phi) is 8.64. The number of methoxy groups -OCH3 is 1. The summed E-state index contributed by atoms with van der Waals surface area (Å²) in [7, 11) is 3.52. The van der Waals surface area contributed by atoms with Gasteiger partial charge in [-0.1, -0.05) is 36.4 Å². The number of carboxylic acids is 2. The molecule has 2 heterocycles. The predicted octanol–water partition coefficient (Wildman–Crippen LogP) is 2.05. The molecule has 2 aliphatic carbocycles. The van der Waals surface area contributed by atoms with E-state index in [1.165, 1.54) is 19.2 Å². The molecule has 2 aromatic rings. The summed E-state index contributed by atoms with van der Waals surface area (Å²) in [5.74, 6) is -5.01. The topological polar surface area (TPSA) is 195 Å². The fraction of sp³-hybridized carbons (Fsp3) is 0.441. The van der Waals surface area contributed by atoms with Gasteiger partial charge in [-0.15, -0.1) is 0 Å². The third kappa shape index (κ3) is 5.44. The van der Waals surface area contributed by atoms with E-state index in [1.807, 2.05) is 19.2 Å². The number of likely N-dealkylation sites (N-methyl/N-ethyl adjacent to an activating group) is 1. The molecule has 0 saturated carbocycles. The van der Waals surface area contributed by atoms with E-state index in [9.17, 15) is 34.2 Å². The maximum atomic E-state index is 13.1. The molecule has 6 rings (SSSR count). The molecule has 4 aliphatic rings. The summed E-state index contributed by atoms with van der Waals surface area (Å²) in [5.41, 5.74) is -0.0260. The van der Waals surface area contributed by atoms with Gasteiger partial charge in [0.15, 0.2) is 17.6 Å². The number of hydrogen-bond donors (Lipinski definition) is 3. The van der Waals surface area contributed by atoms with Gasteiger partial charge in [0.05, 0.1) is 37.4 Å². The maximum Gasteiger partial charge on any atom is 0.353 e. The largest absolute Gasteiger partial charge is 0.493 e. The molecular formula is C34H35NO13. The molecular weight excluding hydrogens is 630 g/mol. The molecule has 14 nitrogen and oxygen atoms in total. The fourth-order valence-corrected chi connectivity index (χ4v) is 7.58. The summed E-state index contributed by atoms with van der Waals surface area (Å²) in [6, 6.07) is 11.2. The quantitative estimate of drug-likeness (QED) is 0.220. The van der Waals surface area contributed by atoms with E-state index in [0.717, 1.165) is 11.1 Å². The molecule has 1 fully saturated rings. The highest BCUT2D eigenvalue weighted by atomic mass is 16.6. The van der Waals surface area contributed by atoms with E-state index in [2.05, 4.69) is 4.90 Å². The molecule has 2 aliphatic heterocycles. The molecule has 1 saturated heterocycles. The minimum absolute atomic E-state index is 0.147.